The predicted molar refractivity (Wildman–Crippen MR) is 75.7 cm³/mol. The Kier molecular flexibility index (Phi) is 5.82. The highest BCUT2D eigenvalue weighted by atomic mass is 16.2. The average molecular weight is 249 g/mol. The number of amides is 1. The number of anilines is 1. The summed E-state index contributed by atoms with van der Waals surface area (Å²) in [4.78, 5) is 14.0. The maximum Gasteiger partial charge on any atom is 0.241 e. The Morgan fingerprint density at radius 3 is 2.39 bits per heavy atom. The molecule has 2 N–H and O–H groups in total. The number of rotatable bonds is 6. The first kappa shape index (κ1) is 14.7. The van der Waals surface area contributed by atoms with Gasteiger partial charge in [-0.25, -0.2) is 0 Å². The topological polar surface area (TPSA) is 44.4 Å². The summed E-state index contributed by atoms with van der Waals surface area (Å²) in [5.41, 5.74) is 0.830. The van der Waals surface area contributed by atoms with Crippen molar-refractivity contribution in [2.24, 2.45) is 0 Å². The number of carbonyl (C=O) groups is 1. The van der Waals surface area contributed by atoms with E-state index in [0.29, 0.717) is 0 Å². The zero-order chi connectivity index (χ0) is 13.5. The Balaban J connectivity index is 2.42. The summed E-state index contributed by atoms with van der Waals surface area (Å²) in [6.07, 6.45) is 0. The van der Waals surface area contributed by atoms with Crippen molar-refractivity contribution in [2.45, 2.75) is 25.9 Å². The van der Waals surface area contributed by atoms with Crippen molar-refractivity contribution in [1.82, 2.24) is 10.2 Å². The molecule has 0 aliphatic carbocycles. The summed E-state index contributed by atoms with van der Waals surface area (Å²) in [6, 6.07) is 9.57. The molecule has 0 aliphatic heterocycles. The Bertz CT molecular complexity index is 365. The molecule has 0 radical (unpaired) electrons. The lowest BCUT2D eigenvalue weighted by molar-refractivity contribution is -0.118. The van der Waals surface area contributed by atoms with Crippen LogP contribution in [0.4, 0.5) is 5.69 Å². The second-order valence-electron chi connectivity index (χ2n) is 4.91. The maximum atomic E-state index is 11.9. The Morgan fingerprint density at radius 1 is 1.22 bits per heavy atom. The van der Waals surface area contributed by atoms with Crippen LogP contribution in [0, 0.1) is 0 Å². The molecule has 1 aromatic carbocycles. The standard InChI is InChI=1S/C14H23N3O/c1-11(10-17(3)4)15-12(2)14(18)16-13-8-6-5-7-9-13/h5-9,11-12,15H,10H2,1-4H3,(H,16,18). The Hall–Kier alpha value is -1.39. The number of nitrogens with one attached hydrogen (secondary N) is 2. The van der Waals surface area contributed by atoms with E-state index in [2.05, 4.69) is 22.5 Å². The third-order valence-corrected chi connectivity index (χ3v) is 2.61. The van der Waals surface area contributed by atoms with E-state index in [1.54, 1.807) is 0 Å². The van der Waals surface area contributed by atoms with Crippen LogP contribution in [0.3, 0.4) is 0 Å². The van der Waals surface area contributed by atoms with Crippen LogP contribution in [-0.2, 0) is 4.79 Å². The molecule has 2 atom stereocenters. The monoisotopic (exact) mass is 249 g/mol. The molecule has 0 saturated carbocycles. The highest BCUT2D eigenvalue weighted by Crippen LogP contribution is 2.05. The van der Waals surface area contributed by atoms with Gasteiger partial charge >= 0.3 is 0 Å². The number of benzene rings is 1. The molecule has 0 heterocycles. The molecule has 1 aromatic rings. The maximum absolute atomic E-state index is 11.9. The first-order valence-corrected chi connectivity index (χ1v) is 6.25. The molecule has 0 aliphatic rings. The number of para-hydroxylation sites is 1. The van der Waals surface area contributed by atoms with Crippen LogP contribution in [0.25, 0.3) is 0 Å². The molecule has 0 aromatic heterocycles. The van der Waals surface area contributed by atoms with Gasteiger partial charge in [-0.05, 0) is 40.1 Å². The summed E-state index contributed by atoms with van der Waals surface area (Å²) in [5.74, 6) is -0.00759. The zero-order valence-electron chi connectivity index (χ0n) is 11.6. The minimum Gasteiger partial charge on any atom is -0.325 e. The van der Waals surface area contributed by atoms with Crippen molar-refractivity contribution in [3.63, 3.8) is 0 Å². The normalized spacial score (nSPS) is 14.3. The van der Waals surface area contributed by atoms with Gasteiger partial charge in [-0.1, -0.05) is 18.2 Å². The largest absolute Gasteiger partial charge is 0.325 e. The van der Waals surface area contributed by atoms with E-state index < -0.39 is 0 Å². The van der Waals surface area contributed by atoms with Crippen molar-refractivity contribution in [3.05, 3.63) is 30.3 Å². The van der Waals surface area contributed by atoms with Crippen molar-refractivity contribution in [1.29, 1.82) is 0 Å². The summed E-state index contributed by atoms with van der Waals surface area (Å²) >= 11 is 0. The third kappa shape index (κ3) is 5.29. The van der Waals surface area contributed by atoms with Gasteiger partial charge in [0.05, 0.1) is 6.04 Å². The highest BCUT2D eigenvalue weighted by Gasteiger charge is 2.15. The molecule has 1 rings (SSSR count). The minimum absolute atomic E-state index is 0.00759. The molecule has 4 heteroatoms. The Morgan fingerprint density at radius 2 is 1.83 bits per heavy atom. The second-order valence-corrected chi connectivity index (χ2v) is 4.91. The van der Waals surface area contributed by atoms with Crippen molar-refractivity contribution < 1.29 is 4.79 Å². The smallest absolute Gasteiger partial charge is 0.241 e. The van der Waals surface area contributed by atoms with Crippen LogP contribution in [-0.4, -0.2) is 43.5 Å². The van der Waals surface area contributed by atoms with E-state index in [1.165, 1.54) is 0 Å². The third-order valence-electron chi connectivity index (χ3n) is 2.61. The van der Waals surface area contributed by atoms with E-state index in [-0.39, 0.29) is 18.0 Å². The highest BCUT2D eigenvalue weighted by molar-refractivity contribution is 5.94. The molecular weight excluding hydrogens is 226 g/mol. The van der Waals surface area contributed by atoms with Gasteiger partial charge < -0.3 is 15.5 Å². The minimum atomic E-state index is -0.208. The molecule has 18 heavy (non-hydrogen) atoms. The van der Waals surface area contributed by atoms with Gasteiger partial charge in [-0.15, -0.1) is 0 Å². The molecule has 0 saturated heterocycles. The lowest BCUT2D eigenvalue weighted by Crippen LogP contribution is -2.46. The fourth-order valence-corrected chi connectivity index (χ4v) is 1.87. The number of nitrogens with zero attached hydrogens (tertiary/aromatic N) is 1. The lowest BCUT2D eigenvalue weighted by atomic mass is 10.2. The fraction of sp³-hybridized carbons (Fsp3) is 0.500. The van der Waals surface area contributed by atoms with E-state index in [1.807, 2.05) is 51.4 Å². The van der Waals surface area contributed by atoms with Gasteiger partial charge in [0.1, 0.15) is 0 Å². The number of carbonyl (C=O) groups excluding carboxylic acids is 1. The molecular formula is C14H23N3O. The fourth-order valence-electron chi connectivity index (χ4n) is 1.87. The van der Waals surface area contributed by atoms with Crippen molar-refractivity contribution in [2.75, 3.05) is 26.0 Å². The number of hydrogen-bond donors (Lipinski definition) is 2. The van der Waals surface area contributed by atoms with E-state index in [0.717, 1.165) is 12.2 Å². The van der Waals surface area contributed by atoms with Crippen LogP contribution < -0.4 is 10.6 Å². The summed E-state index contributed by atoms with van der Waals surface area (Å²) in [7, 11) is 4.04. The summed E-state index contributed by atoms with van der Waals surface area (Å²) in [6.45, 7) is 4.86. The van der Waals surface area contributed by atoms with Crippen molar-refractivity contribution in [3.8, 4) is 0 Å². The van der Waals surface area contributed by atoms with E-state index >= 15 is 0 Å². The number of hydrogen-bond acceptors (Lipinski definition) is 3. The molecule has 100 valence electrons. The van der Waals surface area contributed by atoms with Crippen LogP contribution in [0.1, 0.15) is 13.8 Å². The molecule has 0 fully saturated rings. The Labute approximate surface area is 109 Å². The van der Waals surface area contributed by atoms with E-state index in [9.17, 15) is 4.79 Å². The second kappa shape index (κ2) is 7.13. The van der Waals surface area contributed by atoms with Crippen LogP contribution in [0.15, 0.2) is 30.3 Å². The first-order valence-electron chi connectivity index (χ1n) is 6.25. The SMILES string of the molecule is CC(CN(C)C)NC(C)C(=O)Nc1ccccc1. The van der Waals surface area contributed by atoms with Gasteiger partial charge in [-0.2, -0.15) is 0 Å². The van der Waals surface area contributed by atoms with Crippen LogP contribution in [0.2, 0.25) is 0 Å². The van der Waals surface area contributed by atoms with Crippen LogP contribution in [0.5, 0.6) is 0 Å². The van der Waals surface area contributed by atoms with Gasteiger partial charge in [0.25, 0.3) is 0 Å². The zero-order valence-corrected chi connectivity index (χ0v) is 11.6. The molecule has 4 nitrogen and oxygen atoms in total. The lowest BCUT2D eigenvalue weighted by Gasteiger charge is -2.22. The average Bonchev–Trinajstić information content (AvgIpc) is 2.28. The van der Waals surface area contributed by atoms with Gasteiger partial charge in [0.15, 0.2) is 0 Å². The van der Waals surface area contributed by atoms with Gasteiger partial charge in [0, 0.05) is 18.3 Å². The molecule has 0 spiro atoms. The summed E-state index contributed by atoms with van der Waals surface area (Å²) in [5, 5.41) is 6.16. The van der Waals surface area contributed by atoms with Gasteiger partial charge in [-0.3, -0.25) is 4.79 Å². The molecule has 0 bridgehead atoms. The van der Waals surface area contributed by atoms with Crippen molar-refractivity contribution >= 4 is 11.6 Å². The quantitative estimate of drug-likeness (QED) is 0.804. The first-order chi connectivity index (χ1) is 8.49. The van der Waals surface area contributed by atoms with Crippen LogP contribution >= 0.6 is 0 Å². The molecule has 1 amide bonds. The predicted octanol–water partition coefficient (Wildman–Crippen LogP) is 1.55. The number of likely N-dealkylation sites (N-methyl/N-ethyl adjacent to an activating group) is 1. The summed E-state index contributed by atoms with van der Waals surface area (Å²) < 4.78 is 0. The molecule has 2 unspecified atom stereocenters. The van der Waals surface area contributed by atoms with Gasteiger partial charge in [0.2, 0.25) is 5.91 Å². The van der Waals surface area contributed by atoms with E-state index in [4.69, 9.17) is 0 Å².